The van der Waals surface area contributed by atoms with Crippen molar-refractivity contribution in [2.75, 3.05) is 5.32 Å². The highest BCUT2D eigenvalue weighted by Crippen LogP contribution is 2.24. The third-order valence-corrected chi connectivity index (χ3v) is 4.44. The molecule has 0 bridgehead atoms. The van der Waals surface area contributed by atoms with Crippen LogP contribution in [0.5, 0.6) is 0 Å². The summed E-state index contributed by atoms with van der Waals surface area (Å²) < 4.78 is 41.7. The summed E-state index contributed by atoms with van der Waals surface area (Å²) in [5.74, 6) is -0.819. The van der Waals surface area contributed by atoms with Crippen molar-refractivity contribution in [3.63, 3.8) is 0 Å². The molecule has 1 N–H and O–H groups in total. The van der Waals surface area contributed by atoms with Gasteiger partial charge in [-0.3, -0.25) is 0 Å². The van der Waals surface area contributed by atoms with Crippen molar-refractivity contribution < 1.29 is 13.2 Å². The third kappa shape index (κ3) is 3.40. The number of nitrogens with one attached hydrogen (secondary N) is 1. The van der Waals surface area contributed by atoms with Gasteiger partial charge in [0, 0.05) is 29.4 Å². The van der Waals surface area contributed by atoms with Gasteiger partial charge in [0.25, 0.3) is 5.78 Å². The van der Waals surface area contributed by atoms with Gasteiger partial charge in [-0.15, -0.1) is 5.10 Å². The van der Waals surface area contributed by atoms with E-state index in [9.17, 15) is 13.2 Å². The first-order chi connectivity index (χ1) is 13.4. The standard InChI is InChI=1S/C20H16F3N5/c1-11-12(2)24-20-26-18(9-13-4-3-5-14(21)8-13)27-28(20)19(11)25-15-6-7-16(22)17(23)10-15/h3-8,10,25H,9H2,1-2H3. The molecule has 142 valence electrons. The van der Waals surface area contributed by atoms with Crippen LogP contribution < -0.4 is 5.32 Å². The molecule has 0 aliphatic carbocycles. The second-order valence-electron chi connectivity index (χ2n) is 6.47. The van der Waals surface area contributed by atoms with Gasteiger partial charge in [-0.25, -0.2) is 18.2 Å². The maximum absolute atomic E-state index is 13.6. The van der Waals surface area contributed by atoms with Crippen LogP contribution in [0.1, 0.15) is 22.6 Å². The number of fused-ring (bicyclic) bond motifs is 1. The fourth-order valence-corrected chi connectivity index (χ4v) is 2.89. The number of aromatic nitrogens is 4. The van der Waals surface area contributed by atoms with Gasteiger partial charge in [-0.05, 0) is 43.7 Å². The van der Waals surface area contributed by atoms with Gasteiger partial charge in [0.05, 0.1) is 0 Å². The maximum Gasteiger partial charge on any atom is 0.254 e. The van der Waals surface area contributed by atoms with E-state index >= 15 is 0 Å². The largest absolute Gasteiger partial charge is 0.340 e. The second kappa shape index (κ2) is 6.95. The highest BCUT2D eigenvalue weighted by atomic mass is 19.2. The molecule has 0 aliphatic rings. The van der Waals surface area contributed by atoms with Gasteiger partial charge >= 0.3 is 0 Å². The molecule has 0 fully saturated rings. The monoisotopic (exact) mass is 383 g/mol. The topological polar surface area (TPSA) is 55.1 Å². The lowest BCUT2D eigenvalue weighted by Gasteiger charge is -2.12. The van der Waals surface area contributed by atoms with Crippen molar-refractivity contribution in [1.82, 2.24) is 19.6 Å². The van der Waals surface area contributed by atoms with E-state index in [2.05, 4.69) is 20.4 Å². The molecule has 2 heterocycles. The molecule has 0 atom stereocenters. The summed E-state index contributed by atoms with van der Waals surface area (Å²) in [7, 11) is 0. The Kier molecular flexibility index (Phi) is 4.46. The van der Waals surface area contributed by atoms with Crippen molar-refractivity contribution in [1.29, 1.82) is 0 Å². The first-order valence-electron chi connectivity index (χ1n) is 8.60. The van der Waals surface area contributed by atoms with Gasteiger partial charge in [0.15, 0.2) is 17.5 Å². The van der Waals surface area contributed by atoms with Gasteiger partial charge in [-0.2, -0.15) is 9.50 Å². The van der Waals surface area contributed by atoms with E-state index in [0.29, 0.717) is 29.5 Å². The van der Waals surface area contributed by atoms with E-state index in [1.165, 1.54) is 22.7 Å². The molecule has 28 heavy (non-hydrogen) atoms. The molecule has 4 rings (SSSR count). The molecule has 8 heteroatoms. The Morgan fingerprint density at radius 3 is 2.54 bits per heavy atom. The van der Waals surface area contributed by atoms with Crippen molar-refractivity contribution >= 4 is 17.3 Å². The van der Waals surface area contributed by atoms with E-state index in [1.807, 2.05) is 13.8 Å². The Balaban J connectivity index is 1.75. The summed E-state index contributed by atoms with van der Waals surface area (Å²) >= 11 is 0. The minimum absolute atomic E-state index is 0.327. The molecule has 0 saturated carbocycles. The number of rotatable bonds is 4. The Bertz CT molecular complexity index is 1190. The first kappa shape index (κ1) is 18.0. The van der Waals surface area contributed by atoms with Crippen LogP contribution in [0.25, 0.3) is 5.78 Å². The average Bonchev–Trinajstić information content (AvgIpc) is 3.04. The smallest absolute Gasteiger partial charge is 0.254 e. The number of hydrogen-bond acceptors (Lipinski definition) is 4. The third-order valence-electron chi connectivity index (χ3n) is 4.44. The Hall–Kier alpha value is -3.42. The molecule has 0 radical (unpaired) electrons. The Morgan fingerprint density at radius 2 is 1.79 bits per heavy atom. The van der Waals surface area contributed by atoms with E-state index < -0.39 is 11.6 Å². The van der Waals surface area contributed by atoms with Crippen LogP contribution in [0.2, 0.25) is 0 Å². The maximum atomic E-state index is 13.6. The summed E-state index contributed by atoms with van der Waals surface area (Å²) in [6.45, 7) is 3.67. The predicted octanol–water partition coefficient (Wildman–Crippen LogP) is 4.49. The lowest BCUT2D eigenvalue weighted by atomic mass is 10.1. The van der Waals surface area contributed by atoms with Gasteiger partial charge in [0.2, 0.25) is 0 Å². The lowest BCUT2D eigenvalue weighted by molar-refractivity contribution is 0.509. The molecule has 0 amide bonds. The predicted molar refractivity (Wildman–Crippen MR) is 99.1 cm³/mol. The quantitative estimate of drug-likeness (QED) is 0.564. The molecule has 2 aromatic carbocycles. The van der Waals surface area contributed by atoms with Crippen molar-refractivity contribution in [3.8, 4) is 0 Å². The number of benzene rings is 2. The number of nitrogens with zero attached hydrogens (tertiary/aromatic N) is 4. The molecule has 5 nitrogen and oxygen atoms in total. The normalized spacial score (nSPS) is 11.2. The van der Waals surface area contributed by atoms with E-state index in [0.717, 1.165) is 29.0 Å². The second-order valence-corrected chi connectivity index (χ2v) is 6.47. The molecular weight excluding hydrogens is 367 g/mol. The highest BCUT2D eigenvalue weighted by Gasteiger charge is 2.15. The summed E-state index contributed by atoms with van der Waals surface area (Å²) in [4.78, 5) is 8.85. The zero-order chi connectivity index (χ0) is 19.8. The van der Waals surface area contributed by atoms with Crippen LogP contribution in [-0.2, 0) is 6.42 Å². The molecule has 0 aliphatic heterocycles. The van der Waals surface area contributed by atoms with E-state index in [1.54, 1.807) is 12.1 Å². The molecule has 0 saturated heterocycles. The van der Waals surface area contributed by atoms with Crippen molar-refractivity contribution in [3.05, 3.63) is 82.6 Å². The summed E-state index contributed by atoms with van der Waals surface area (Å²) in [5, 5.41) is 7.53. The van der Waals surface area contributed by atoms with Gasteiger partial charge in [0.1, 0.15) is 11.6 Å². The van der Waals surface area contributed by atoms with E-state index in [-0.39, 0.29) is 5.82 Å². The Morgan fingerprint density at radius 1 is 0.964 bits per heavy atom. The highest BCUT2D eigenvalue weighted by molar-refractivity contribution is 5.62. The summed E-state index contributed by atoms with van der Waals surface area (Å²) in [6.07, 6.45) is 0.337. The van der Waals surface area contributed by atoms with Crippen LogP contribution in [0.3, 0.4) is 0 Å². The fraction of sp³-hybridized carbons (Fsp3) is 0.150. The number of hydrogen-bond donors (Lipinski definition) is 1. The number of aryl methyl sites for hydroxylation is 1. The summed E-state index contributed by atoms with van der Waals surface area (Å²) in [6, 6.07) is 9.77. The molecular formula is C20H16F3N5. The summed E-state index contributed by atoms with van der Waals surface area (Å²) in [5.41, 5.74) is 2.62. The van der Waals surface area contributed by atoms with E-state index in [4.69, 9.17) is 0 Å². The van der Waals surface area contributed by atoms with Gasteiger partial charge in [-0.1, -0.05) is 12.1 Å². The number of anilines is 2. The van der Waals surface area contributed by atoms with Crippen LogP contribution in [0.4, 0.5) is 24.7 Å². The minimum Gasteiger partial charge on any atom is -0.340 e. The van der Waals surface area contributed by atoms with Crippen molar-refractivity contribution in [2.24, 2.45) is 0 Å². The van der Waals surface area contributed by atoms with Crippen LogP contribution in [0.15, 0.2) is 42.5 Å². The number of halogens is 3. The molecule has 4 aromatic rings. The minimum atomic E-state index is -0.949. The van der Waals surface area contributed by atoms with Crippen LogP contribution in [0, 0.1) is 31.3 Å². The zero-order valence-electron chi connectivity index (χ0n) is 15.2. The fourth-order valence-electron chi connectivity index (χ4n) is 2.89. The SMILES string of the molecule is Cc1nc2nc(Cc3cccc(F)c3)nn2c(Nc2ccc(F)c(F)c2)c1C. The average molecular weight is 383 g/mol. The molecule has 2 aromatic heterocycles. The Labute approximate surface area is 158 Å². The lowest BCUT2D eigenvalue weighted by Crippen LogP contribution is -2.06. The van der Waals surface area contributed by atoms with Crippen molar-refractivity contribution in [2.45, 2.75) is 20.3 Å². The zero-order valence-corrected chi connectivity index (χ0v) is 15.2. The van der Waals surface area contributed by atoms with Gasteiger partial charge < -0.3 is 5.32 Å². The molecule has 0 unspecified atom stereocenters. The first-order valence-corrected chi connectivity index (χ1v) is 8.60. The molecule has 0 spiro atoms. The van der Waals surface area contributed by atoms with Crippen LogP contribution in [-0.4, -0.2) is 19.6 Å². The van der Waals surface area contributed by atoms with Crippen LogP contribution >= 0.6 is 0 Å².